The van der Waals surface area contributed by atoms with E-state index in [4.69, 9.17) is 9.47 Å². The Morgan fingerprint density at radius 1 is 0.868 bits per heavy atom. The molecular formula is C28H21F3N4O3. The number of para-hydroxylation sites is 1. The first-order valence-electron chi connectivity index (χ1n) is 11.6. The summed E-state index contributed by atoms with van der Waals surface area (Å²) in [5, 5.41) is 3.43. The van der Waals surface area contributed by atoms with Crippen LogP contribution in [0.25, 0.3) is 11.0 Å². The van der Waals surface area contributed by atoms with Crippen molar-refractivity contribution < 1.29 is 27.4 Å². The summed E-state index contributed by atoms with van der Waals surface area (Å²) in [5.74, 6) is 1.26. The summed E-state index contributed by atoms with van der Waals surface area (Å²) in [6.45, 7) is 0.269. The van der Waals surface area contributed by atoms with Crippen LogP contribution in [0, 0.1) is 0 Å². The summed E-state index contributed by atoms with van der Waals surface area (Å²) in [6.07, 6.45) is -1.22. The second-order valence-corrected chi connectivity index (χ2v) is 8.33. The van der Waals surface area contributed by atoms with E-state index < -0.39 is 11.7 Å². The van der Waals surface area contributed by atoms with E-state index in [-0.39, 0.29) is 19.1 Å². The predicted molar refractivity (Wildman–Crippen MR) is 135 cm³/mol. The van der Waals surface area contributed by atoms with Gasteiger partial charge in [0, 0.05) is 11.9 Å². The van der Waals surface area contributed by atoms with Crippen LogP contribution in [-0.2, 0) is 24.1 Å². The SMILES string of the molecule is O=C(Cc1ccc(C(F)(F)F)cc1)Nc1ccc(Oc2ncnc3c2ccn3COc2ccccc2)cc1. The molecule has 0 aliphatic carbocycles. The fourth-order valence-electron chi connectivity index (χ4n) is 3.75. The average Bonchev–Trinajstić information content (AvgIpc) is 3.33. The molecular weight excluding hydrogens is 497 g/mol. The lowest BCUT2D eigenvalue weighted by Gasteiger charge is -2.10. The molecule has 1 amide bonds. The standard InChI is InChI=1S/C28H21F3N4O3/c29-28(30,31)20-8-6-19(7-9-20)16-25(36)34-21-10-12-23(13-11-21)38-27-24-14-15-35(26(24)32-17-33-27)18-37-22-4-2-1-3-5-22/h1-15,17H,16,18H2,(H,34,36). The molecule has 0 bridgehead atoms. The fraction of sp³-hybridized carbons (Fsp3) is 0.107. The number of hydrogen-bond acceptors (Lipinski definition) is 5. The van der Waals surface area contributed by atoms with E-state index in [0.717, 1.165) is 17.9 Å². The van der Waals surface area contributed by atoms with Crippen LogP contribution in [-0.4, -0.2) is 20.4 Å². The third kappa shape index (κ3) is 5.92. The summed E-state index contributed by atoms with van der Waals surface area (Å²) in [4.78, 5) is 20.9. The van der Waals surface area contributed by atoms with Crippen LogP contribution in [0.2, 0.25) is 0 Å². The second kappa shape index (κ2) is 10.6. The molecule has 0 unspecified atom stereocenters. The zero-order chi connectivity index (χ0) is 26.5. The number of rotatable bonds is 8. The molecule has 2 aromatic heterocycles. The van der Waals surface area contributed by atoms with Crippen molar-refractivity contribution in [3.8, 4) is 17.4 Å². The van der Waals surface area contributed by atoms with E-state index >= 15 is 0 Å². The molecule has 0 saturated carbocycles. The van der Waals surface area contributed by atoms with Crippen LogP contribution in [0.5, 0.6) is 17.4 Å². The number of amides is 1. The number of carbonyl (C=O) groups excluding carboxylic acids is 1. The minimum atomic E-state index is -4.41. The van der Waals surface area contributed by atoms with Crippen LogP contribution in [0.4, 0.5) is 18.9 Å². The number of aromatic nitrogens is 3. The maximum atomic E-state index is 12.7. The van der Waals surface area contributed by atoms with Crippen LogP contribution in [0.1, 0.15) is 11.1 Å². The van der Waals surface area contributed by atoms with Crippen molar-refractivity contribution in [1.29, 1.82) is 0 Å². The number of nitrogens with one attached hydrogen (secondary N) is 1. The lowest BCUT2D eigenvalue weighted by molar-refractivity contribution is -0.137. The first-order chi connectivity index (χ1) is 18.3. The highest BCUT2D eigenvalue weighted by molar-refractivity contribution is 5.92. The Morgan fingerprint density at radius 2 is 1.61 bits per heavy atom. The molecule has 0 aliphatic rings. The largest absolute Gasteiger partial charge is 0.473 e. The minimum absolute atomic E-state index is 0.0553. The van der Waals surface area contributed by atoms with Gasteiger partial charge in [-0.2, -0.15) is 13.2 Å². The van der Waals surface area contributed by atoms with Crippen molar-refractivity contribution in [2.45, 2.75) is 19.3 Å². The molecule has 5 rings (SSSR count). The third-order valence-electron chi connectivity index (χ3n) is 5.63. The smallest absolute Gasteiger partial charge is 0.416 e. The van der Waals surface area contributed by atoms with Crippen molar-refractivity contribution in [3.05, 3.63) is 109 Å². The Balaban J connectivity index is 1.20. The van der Waals surface area contributed by atoms with Crippen molar-refractivity contribution in [2.24, 2.45) is 0 Å². The van der Waals surface area contributed by atoms with Crippen molar-refractivity contribution in [3.63, 3.8) is 0 Å². The van der Waals surface area contributed by atoms with Crippen LogP contribution < -0.4 is 14.8 Å². The quantitative estimate of drug-likeness (QED) is 0.255. The molecule has 10 heteroatoms. The molecule has 0 saturated heterocycles. The van der Waals surface area contributed by atoms with Gasteiger partial charge in [-0.1, -0.05) is 30.3 Å². The monoisotopic (exact) mass is 518 g/mol. The zero-order valence-electron chi connectivity index (χ0n) is 19.9. The lowest BCUT2D eigenvalue weighted by Crippen LogP contribution is -2.14. The molecule has 1 N–H and O–H groups in total. The molecule has 0 fully saturated rings. The van der Waals surface area contributed by atoms with Crippen molar-refractivity contribution in [1.82, 2.24) is 14.5 Å². The van der Waals surface area contributed by atoms with Gasteiger partial charge in [0.15, 0.2) is 6.73 Å². The van der Waals surface area contributed by atoms with Gasteiger partial charge >= 0.3 is 6.18 Å². The second-order valence-electron chi connectivity index (χ2n) is 8.33. The molecule has 3 aromatic carbocycles. The van der Waals surface area contributed by atoms with E-state index in [1.807, 2.05) is 47.2 Å². The summed E-state index contributed by atoms with van der Waals surface area (Å²) in [5.41, 5.74) is 0.893. The van der Waals surface area contributed by atoms with Crippen molar-refractivity contribution >= 4 is 22.6 Å². The average molecular weight is 518 g/mol. The Bertz CT molecular complexity index is 1530. The Hall–Kier alpha value is -4.86. The van der Waals surface area contributed by atoms with Gasteiger partial charge in [-0.15, -0.1) is 0 Å². The minimum Gasteiger partial charge on any atom is -0.473 e. The highest BCUT2D eigenvalue weighted by Crippen LogP contribution is 2.30. The molecule has 0 aliphatic heterocycles. The number of nitrogens with zero attached hydrogens (tertiary/aromatic N) is 3. The summed E-state index contributed by atoms with van der Waals surface area (Å²) < 4.78 is 51.7. The number of benzene rings is 3. The predicted octanol–water partition coefficient (Wildman–Crippen LogP) is 6.46. The van der Waals surface area contributed by atoms with Gasteiger partial charge in [0.25, 0.3) is 0 Å². The van der Waals surface area contributed by atoms with Crippen LogP contribution >= 0.6 is 0 Å². The molecule has 0 radical (unpaired) electrons. The van der Waals surface area contributed by atoms with Gasteiger partial charge in [-0.05, 0) is 60.2 Å². The normalized spacial score (nSPS) is 11.3. The third-order valence-corrected chi connectivity index (χ3v) is 5.63. The molecule has 192 valence electrons. The van der Waals surface area contributed by atoms with E-state index in [2.05, 4.69) is 15.3 Å². The Kier molecular flexibility index (Phi) is 6.94. The number of alkyl halides is 3. The van der Waals surface area contributed by atoms with E-state index in [0.29, 0.717) is 33.9 Å². The Morgan fingerprint density at radius 3 is 2.32 bits per heavy atom. The van der Waals surface area contributed by atoms with Crippen molar-refractivity contribution in [2.75, 3.05) is 5.32 Å². The maximum absolute atomic E-state index is 12.7. The van der Waals surface area contributed by atoms with Crippen LogP contribution in [0.15, 0.2) is 97.5 Å². The first kappa shape index (κ1) is 24.8. The Labute approximate surface area is 215 Å². The van der Waals surface area contributed by atoms with Gasteiger partial charge in [0.1, 0.15) is 23.5 Å². The topological polar surface area (TPSA) is 78.3 Å². The number of ether oxygens (including phenoxy) is 2. The fourth-order valence-corrected chi connectivity index (χ4v) is 3.75. The summed E-state index contributed by atoms with van der Waals surface area (Å²) in [6, 6.07) is 22.5. The number of fused-ring (bicyclic) bond motifs is 1. The lowest BCUT2D eigenvalue weighted by atomic mass is 10.1. The molecule has 2 heterocycles. The summed E-state index contributed by atoms with van der Waals surface area (Å²) in [7, 11) is 0. The van der Waals surface area contributed by atoms with E-state index in [1.54, 1.807) is 24.3 Å². The number of anilines is 1. The highest BCUT2D eigenvalue weighted by atomic mass is 19.4. The van der Waals surface area contributed by atoms with Gasteiger partial charge in [0.05, 0.1) is 17.4 Å². The molecule has 7 nitrogen and oxygen atoms in total. The first-order valence-corrected chi connectivity index (χ1v) is 11.6. The number of carbonyl (C=O) groups is 1. The van der Waals surface area contributed by atoms with Gasteiger partial charge < -0.3 is 14.8 Å². The van der Waals surface area contributed by atoms with Gasteiger partial charge in [0.2, 0.25) is 11.8 Å². The molecule has 0 atom stereocenters. The summed E-state index contributed by atoms with van der Waals surface area (Å²) >= 11 is 0. The molecule has 38 heavy (non-hydrogen) atoms. The number of halogens is 3. The molecule has 0 spiro atoms. The number of hydrogen-bond donors (Lipinski definition) is 1. The highest BCUT2D eigenvalue weighted by Gasteiger charge is 2.30. The zero-order valence-corrected chi connectivity index (χ0v) is 19.9. The van der Waals surface area contributed by atoms with E-state index in [1.165, 1.54) is 18.5 Å². The van der Waals surface area contributed by atoms with Crippen LogP contribution in [0.3, 0.4) is 0 Å². The van der Waals surface area contributed by atoms with Gasteiger partial charge in [-0.3, -0.25) is 9.36 Å². The van der Waals surface area contributed by atoms with Gasteiger partial charge in [-0.25, -0.2) is 9.97 Å². The maximum Gasteiger partial charge on any atom is 0.416 e. The van der Waals surface area contributed by atoms with E-state index in [9.17, 15) is 18.0 Å². The molecule has 5 aromatic rings.